The summed E-state index contributed by atoms with van der Waals surface area (Å²) in [6.07, 6.45) is 3.44. The highest BCUT2D eigenvalue weighted by Crippen LogP contribution is 2.42. The molecular weight excluding hydrogens is 360 g/mol. The minimum absolute atomic E-state index is 0.0168. The SMILES string of the molecule is CC(C)(C)OC(=O)N1Cc2cc(Br)cnc2[C@@H]1C1CCOCC1. The average molecular weight is 383 g/mol. The molecule has 1 aromatic heterocycles. The van der Waals surface area contributed by atoms with Crippen molar-refractivity contribution < 1.29 is 14.3 Å². The van der Waals surface area contributed by atoms with Crippen LogP contribution in [0.15, 0.2) is 16.7 Å². The van der Waals surface area contributed by atoms with E-state index in [1.54, 1.807) is 0 Å². The maximum Gasteiger partial charge on any atom is 0.411 e. The van der Waals surface area contributed by atoms with Crippen molar-refractivity contribution in [3.63, 3.8) is 0 Å². The van der Waals surface area contributed by atoms with Crippen molar-refractivity contribution in [2.45, 2.75) is 51.8 Å². The molecule has 0 aromatic carbocycles. The van der Waals surface area contributed by atoms with Crippen LogP contribution in [-0.4, -0.2) is 34.8 Å². The van der Waals surface area contributed by atoms with Gasteiger partial charge >= 0.3 is 6.09 Å². The summed E-state index contributed by atoms with van der Waals surface area (Å²) in [5, 5.41) is 0. The van der Waals surface area contributed by atoms with E-state index >= 15 is 0 Å². The number of carbonyl (C=O) groups excluding carboxylic acids is 1. The van der Waals surface area contributed by atoms with Crippen molar-refractivity contribution in [2.24, 2.45) is 5.92 Å². The smallest absolute Gasteiger partial charge is 0.411 e. The predicted octanol–water partition coefficient (Wildman–Crippen LogP) is 4.06. The van der Waals surface area contributed by atoms with Gasteiger partial charge in [0.05, 0.1) is 18.3 Å². The molecule has 1 aromatic rings. The first-order valence-corrected chi connectivity index (χ1v) is 8.86. The second kappa shape index (κ2) is 6.40. The van der Waals surface area contributed by atoms with Gasteiger partial charge in [-0.2, -0.15) is 0 Å². The van der Waals surface area contributed by atoms with Gasteiger partial charge in [0.2, 0.25) is 0 Å². The molecule has 2 aliphatic heterocycles. The molecule has 3 rings (SSSR count). The van der Waals surface area contributed by atoms with Crippen LogP contribution in [-0.2, 0) is 16.0 Å². The van der Waals surface area contributed by atoms with Gasteiger partial charge in [-0.25, -0.2) is 4.79 Å². The molecule has 5 nitrogen and oxygen atoms in total. The highest BCUT2D eigenvalue weighted by Gasteiger charge is 2.42. The maximum atomic E-state index is 12.7. The fraction of sp³-hybridized carbons (Fsp3) is 0.647. The fourth-order valence-corrected chi connectivity index (χ4v) is 3.70. The molecule has 0 spiro atoms. The van der Waals surface area contributed by atoms with Crippen LogP contribution < -0.4 is 0 Å². The number of pyridine rings is 1. The third-order valence-corrected chi connectivity index (χ3v) is 4.70. The van der Waals surface area contributed by atoms with E-state index in [0.717, 1.165) is 41.8 Å². The Balaban J connectivity index is 1.90. The summed E-state index contributed by atoms with van der Waals surface area (Å²) in [5.74, 6) is 0.367. The second-order valence-electron chi connectivity index (χ2n) is 7.20. The lowest BCUT2D eigenvalue weighted by atomic mass is 9.89. The number of halogens is 1. The summed E-state index contributed by atoms with van der Waals surface area (Å²) < 4.78 is 12.0. The minimum Gasteiger partial charge on any atom is -0.444 e. The van der Waals surface area contributed by atoms with E-state index in [0.29, 0.717) is 12.5 Å². The first-order chi connectivity index (χ1) is 10.8. The zero-order valence-corrected chi connectivity index (χ0v) is 15.4. The summed E-state index contributed by atoms with van der Waals surface area (Å²) >= 11 is 3.47. The Labute approximate surface area is 145 Å². The molecule has 0 bridgehead atoms. The standard InChI is InChI=1S/C17H23BrN2O3/c1-17(2,3)23-16(21)20-10-12-8-13(18)9-19-14(12)15(20)11-4-6-22-7-5-11/h8-9,11,15H,4-7,10H2,1-3H3/t15-/m0/s1. The molecule has 0 saturated carbocycles. The highest BCUT2D eigenvalue weighted by molar-refractivity contribution is 9.10. The number of hydrogen-bond acceptors (Lipinski definition) is 4. The van der Waals surface area contributed by atoms with E-state index < -0.39 is 5.60 Å². The van der Waals surface area contributed by atoms with Crippen LogP contribution in [0.3, 0.4) is 0 Å². The Morgan fingerprint density at radius 3 is 2.74 bits per heavy atom. The topological polar surface area (TPSA) is 51.7 Å². The van der Waals surface area contributed by atoms with E-state index in [-0.39, 0.29) is 12.1 Å². The van der Waals surface area contributed by atoms with E-state index in [4.69, 9.17) is 9.47 Å². The number of amides is 1. The summed E-state index contributed by atoms with van der Waals surface area (Å²) in [4.78, 5) is 19.1. The molecule has 6 heteroatoms. The molecule has 1 saturated heterocycles. The van der Waals surface area contributed by atoms with Crippen molar-refractivity contribution in [1.82, 2.24) is 9.88 Å². The van der Waals surface area contributed by atoms with Gasteiger partial charge in [0, 0.05) is 23.9 Å². The molecule has 0 aliphatic carbocycles. The molecule has 0 radical (unpaired) electrons. The van der Waals surface area contributed by atoms with Crippen molar-refractivity contribution in [1.29, 1.82) is 0 Å². The molecule has 1 fully saturated rings. The molecule has 0 unspecified atom stereocenters. The number of carbonyl (C=O) groups is 1. The van der Waals surface area contributed by atoms with Crippen molar-refractivity contribution in [2.75, 3.05) is 13.2 Å². The first kappa shape index (κ1) is 16.7. The number of rotatable bonds is 1. The van der Waals surface area contributed by atoms with Crippen LogP contribution in [0.1, 0.15) is 50.9 Å². The largest absolute Gasteiger partial charge is 0.444 e. The molecule has 1 amide bonds. The van der Waals surface area contributed by atoms with E-state index in [9.17, 15) is 4.79 Å². The van der Waals surface area contributed by atoms with Gasteiger partial charge in [-0.15, -0.1) is 0 Å². The van der Waals surface area contributed by atoms with Crippen LogP contribution in [0.2, 0.25) is 0 Å². The molecule has 3 heterocycles. The van der Waals surface area contributed by atoms with Crippen molar-refractivity contribution in [3.05, 3.63) is 28.0 Å². The van der Waals surface area contributed by atoms with E-state index in [1.165, 1.54) is 0 Å². The summed E-state index contributed by atoms with van der Waals surface area (Å²) in [5.41, 5.74) is 1.60. The Bertz CT molecular complexity index is 594. The molecule has 126 valence electrons. The lowest BCUT2D eigenvalue weighted by Gasteiger charge is -2.34. The van der Waals surface area contributed by atoms with Gasteiger partial charge in [-0.3, -0.25) is 9.88 Å². The van der Waals surface area contributed by atoms with Gasteiger partial charge in [-0.05, 0) is 67.1 Å². The normalized spacial score (nSPS) is 22.1. The van der Waals surface area contributed by atoms with Crippen molar-refractivity contribution >= 4 is 22.0 Å². The Morgan fingerprint density at radius 1 is 1.39 bits per heavy atom. The maximum absolute atomic E-state index is 12.7. The number of hydrogen-bond donors (Lipinski definition) is 0. The third kappa shape index (κ3) is 3.69. The average Bonchev–Trinajstić information content (AvgIpc) is 2.85. The van der Waals surface area contributed by atoms with E-state index in [1.807, 2.05) is 31.9 Å². The Morgan fingerprint density at radius 2 is 2.09 bits per heavy atom. The summed E-state index contributed by atoms with van der Waals surface area (Å²) in [7, 11) is 0. The lowest BCUT2D eigenvalue weighted by molar-refractivity contribution is -0.00543. The zero-order chi connectivity index (χ0) is 16.6. The van der Waals surface area contributed by atoms with Gasteiger partial charge in [0.15, 0.2) is 0 Å². The Kier molecular flexibility index (Phi) is 4.65. The van der Waals surface area contributed by atoms with Crippen LogP contribution in [0, 0.1) is 5.92 Å². The number of nitrogens with zero attached hydrogens (tertiary/aromatic N) is 2. The number of ether oxygens (including phenoxy) is 2. The molecule has 23 heavy (non-hydrogen) atoms. The monoisotopic (exact) mass is 382 g/mol. The van der Waals surface area contributed by atoms with Crippen LogP contribution in [0.4, 0.5) is 4.79 Å². The molecule has 0 N–H and O–H groups in total. The van der Waals surface area contributed by atoms with Crippen LogP contribution >= 0.6 is 15.9 Å². The van der Waals surface area contributed by atoms with Gasteiger partial charge in [0.25, 0.3) is 0 Å². The molecule has 2 aliphatic rings. The highest BCUT2D eigenvalue weighted by atomic mass is 79.9. The predicted molar refractivity (Wildman–Crippen MR) is 90.0 cm³/mol. The zero-order valence-electron chi connectivity index (χ0n) is 13.8. The van der Waals surface area contributed by atoms with Gasteiger partial charge < -0.3 is 9.47 Å². The summed E-state index contributed by atoms with van der Waals surface area (Å²) in [6, 6.07) is 2.04. The molecular formula is C17H23BrN2O3. The minimum atomic E-state index is -0.500. The lowest BCUT2D eigenvalue weighted by Crippen LogP contribution is -2.39. The Hall–Kier alpha value is -1.14. The third-order valence-electron chi connectivity index (χ3n) is 4.27. The summed E-state index contributed by atoms with van der Waals surface area (Å²) in [6.45, 7) is 7.73. The second-order valence-corrected chi connectivity index (χ2v) is 8.12. The van der Waals surface area contributed by atoms with Crippen molar-refractivity contribution in [3.8, 4) is 0 Å². The van der Waals surface area contributed by atoms with Gasteiger partial charge in [0.1, 0.15) is 5.60 Å². The number of fused-ring (bicyclic) bond motifs is 1. The van der Waals surface area contributed by atoms with Gasteiger partial charge in [-0.1, -0.05) is 0 Å². The number of aromatic nitrogens is 1. The van der Waals surface area contributed by atoms with E-state index in [2.05, 4.69) is 27.0 Å². The first-order valence-electron chi connectivity index (χ1n) is 8.07. The quantitative estimate of drug-likeness (QED) is 0.734. The van der Waals surface area contributed by atoms with Crippen LogP contribution in [0.5, 0.6) is 0 Å². The van der Waals surface area contributed by atoms with Crippen LogP contribution in [0.25, 0.3) is 0 Å². The fourth-order valence-electron chi connectivity index (χ4n) is 3.32. The molecule has 1 atom stereocenters.